The topological polar surface area (TPSA) is 32.5 Å². The third-order valence-corrected chi connectivity index (χ3v) is 3.91. The molecule has 0 bridgehead atoms. The maximum atomic E-state index is 5.57. The highest BCUT2D eigenvalue weighted by Gasteiger charge is 2.22. The largest absolute Gasteiger partial charge is 0.369 e. The molecule has 2 rings (SSSR count). The first-order valence-corrected chi connectivity index (χ1v) is 7.02. The number of hydrogen-bond acceptors (Lipinski definition) is 3. The molecule has 1 aromatic rings. The van der Waals surface area contributed by atoms with E-state index in [-0.39, 0.29) is 0 Å². The summed E-state index contributed by atoms with van der Waals surface area (Å²) in [4.78, 5) is 5.03. The maximum Gasteiger partial charge on any atom is 0.0367 e. The molecule has 0 spiro atoms. The number of rotatable bonds is 4. The van der Waals surface area contributed by atoms with Gasteiger partial charge in [0.1, 0.15) is 0 Å². The van der Waals surface area contributed by atoms with Crippen molar-refractivity contribution in [2.24, 2.45) is 5.73 Å². The van der Waals surface area contributed by atoms with Crippen molar-refractivity contribution >= 4 is 5.69 Å². The minimum Gasteiger partial charge on any atom is -0.369 e. The fourth-order valence-corrected chi connectivity index (χ4v) is 2.74. The van der Waals surface area contributed by atoms with Gasteiger partial charge in [0.2, 0.25) is 0 Å². The first-order chi connectivity index (χ1) is 8.74. The predicted octanol–water partition coefficient (Wildman–Crippen LogP) is 1.72. The molecule has 18 heavy (non-hydrogen) atoms. The number of piperazine rings is 1. The summed E-state index contributed by atoms with van der Waals surface area (Å²) < 4.78 is 0. The zero-order valence-corrected chi connectivity index (χ0v) is 11.6. The van der Waals surface area contributed by atoms with Gasteiger partial charge in [0.15, 0.2) is 0 Å². The zero-order valence-electron chi connectivity index (χ0n) is 11.6. The maximum absolute atomic E-state index is 5.57. The Kier molecular flexibility index (Phi) is 4.61. The van der Waals surface area contributed by atoms with Crippen LogP contribution in [0.3, 0.4) is 0 Å². The van der Waals surface area contributed by atoms with Gasteiger partial charge in [-0.15, -0.1) is 0 Å². The first kappa shape index (κ1) is 13.4. The predicted molar refractivity (Wildman–Crippen MR) is 78.1 cm³/mol. The van der Waals surface area contributed by atoms with E-state index in [4.69, 9.17) is 5.73 Å². The highest BCUT2D eigenvalue weighted by atomic mass is 15.3. The van der Waals surface area contributed by atoms with Crippen LogP contribution in [-0.4, -0.2) is 43.7 Å². The Bertz CT molecular complexity index is 361. The van der Waals surface area contributed by atoms with Gasteiger partial charge in [0.05, 0.1) is 0 Å². The van der Waals surface area contributed by atoms with Gasteiger partial charge in [0.25, 0.3) is 0 Å². The molecule has 1 aliphatic rings. The lowest BCUT2D eigenvalue weighted by Crippen LogP contribution is -2.51. The fraction of sp³-hybridized carbons (Fsp3) is 0.600. The van der Waals surface area contributed by atoms with E-state index in [0.29, 0.717) is 6.04 Å². The van der Waals surface area contributed by atoms with Crippen LogP contribution < -0.4 is 10.6 Å². The Labute approximate surface area is 111 Å². The zero-order chi connectivity index (χ0) is 13.0. The van der Waals surface area contributed by atoms with E-state index in [1.165, 1.54) is 17.8 Å². The minimum atomic E-state index is 0.646. The summed E-state index contributed by atoms with van der Waals surface area (Å²) in [5, 5.41) is 0. The summed E-state index contributed by atoms with van der Waals surface area (Å²) in [5.41, 5.74) is 8.25. The van der Waals surface area contributed by atoms with Crippen molar-refractivity contribution in [3.8, 4) is 0 Å². The van der Waals surface area contributed by atoms with Gasteiger partial charge in [-0.1, -0.05) is 19.1 Å². The van der Waals surface area contributed by atoms with Crippen molar-refractivity contribution in [3.63, 3.8) is 0 Å². The van der Waals surface area contributed by atoms with Gasteiger partial charge in [-0.2, -0.15) is 0 Å². The number of likely N-dealkylation sites (N-methyl/N-ethyl adjacent to an activating group) is 1. The quantitative estimate of drug-likeness (QED) is 0.879. The Hall–Kier alpha value is -1.06. The number of nitrogens with two attached hydrogens (primary N) is 1. The second kappa shape index (κ2) is 6.21. The molecule has 3 heteroatoms. The summed E-state index contributed by atoms with van der Waals surface area (Å²) in [5.74, 6) is 0. The molecule has 1 aromatic carbocycles. The van der Waals surface area contributed by atoms with Gasteiger partial charge in [-0.3, -0.25) is 4.90 Å². The second-order valence-corrected chi connectivity index (χ2v) is 5.13. The third kappa shape index (κ3) is 3.03. The van der Waals surface area contributed by atoms with E-state index in [1.54, 1.807) is 0 Å². The standard InChI is InChI=1S/C15H25N3/c1-3-17-10-11-18(12-13(17)2)15-6-4-14(5-7-15)8-9-16/h4-7,13H,3,8-12,16H2,1-2H3. The summed E-state index contributed by atoms with van der Waals surface area (Å²) in [6.45, 7) is 9.88. The second-order valence-electron chi connectivity index (χ2n) is 5.13. The Morgan fingerprint density at radius 2 is 1.94 bits per heavy atom. The van der Waals surface area contributed by atoms with Crippen LogP contribution in [0.15, 0.2) is 24.3 Å². The number of anilines is 1. The van der Waals surface area contributed by atoms with Gasteiger partial charge in [-0.05, 0) is 44.1 Å². The smallest absolute Gasteiger partial charge is 0.0367 e. The molecule has 1 atom stereocenters. The van der Waals surface area contributed by atoms with E-state index in [9.17, 15) is 0 Å². The van der Waals surface area contributed by atoms with Crippen LogP contribution in [0.4, 0.5) is 5.69 Å². The lowest BCUT2D eigenvalue weighted by atomic mass is 10.1. The van der Waals surface area contributed by atoms with Gasteiger partial charge in [-0.25, -0.2) is 0 Å². The fourth-order valence-electron chi connectivity index (χ4n) is 2.74. The number of hydrogen-bond donors (Lipinski definition) is 1. The molecule has 1 heterocycles. The van der Waals surface area contributed by atoms with Crippen LogP contribution in [0.5, 0.6) is 0 Å². The van der Waals surface area contributed by atoms with Gasteiger partial charge < -0.3 is 10.6 Å². The molecule has 1 fully saturated rings. The van der Waals surface area contributed by atoms with Crippen molar-refractivity contribution < 1.29 is 0 Å². The van der Waals surface area contributed by atoms with Crippen LogP contribution >= 0.6 is 0 Å². The van der Waals surface area contributed by atoms with Crippen LogP contribution in [0.2, 0.25) is 0 Å². The summed E-state index contributed by atoms with van der Waals surface area (Å²) >= 11 is 0. The molecule has 2 N–H and O–H groups in total. The molecule has 0 aliphatic carbocycles. The van der Waals surface area contributed by atoms with Gasteiger partial charge in [0, 0.05) is 31.4 Å². The molecule has 0 amide bonds. The SMILES string of the molecule is CCN1CCN(c2ccc(CCN)cc2)CC1C. The number of nitrogens with zero attached hydrogens (tertiary/aromatic N) is 2. The van der Waals surface area contributed by atoms with Crippen LogP contribution in [0.25, 0.3) is 0 Å². The molecule has 1 unspecified atom stereocenters. The Morgan fingerprint density at radius 1 is 1.22 bits per heavy atom. The lowest BCUT2D eigenvalue weighted by molar-refractivity contribution is 0.199. The van der Waals surface area contributed by atoms with E-state index in [1.807, 2.05) is 0 Å². The van der Waals surface area contributed by atoms with Crippen molar-refractivity contribution in [2.45, 2.75) is 26.3 Å². The van der Waals surface area contributed by atoms with E-state index >= 15 is 0 Å². The highest BCUT2D eigenvalue weighted by molar-refractivity contribution is 5.48. The molecule has 3 nitrogen and oxygen atoms in total. The highest BCUT2D eigenvalue weighted by Crippen LogP contribution is 2.19. The molecule has 1 saturated heterocycles. The summed E-state index contributed by atoms with van der Waals surface area (Å²) in [6.07, 6.45) is 0.973. The van der Waals surface area contributed by atoms with Crippen molar-refractivity contribution in [1.29, 1.82) is 0 Å². The van der Waals surface area contributed by atoms with E-state index < -0.39 is 0 Å². The molecule has 100 valence electrons. The lowest BCUT2D eigenvalue weighted by Gasteiger charge is -2.40. The molecular weight excluding hydrogens is 222 g/mol. The average Bonchev–Trinajstić information content (AvgIpc) is 2.40. The molecule has 1 aliphatic heterocycles. The molecule has 0 radical (unpaired) electrons. The number of benzene rings is 1. The van der Waals surface area contributed by atoms with E-state index in [2.05, 4.69) is 47.9 Å². The van der Waals surface area contributed by atoms with Crippen LogP contribution in [0.1, 0.15) is 19.4 Å². The molecule has 0 aromatic heterocycles. The monoisotopic (exact) mass is 247 g/mol. The molecule has 0 saturated carbocycles. The minimum absolute atomic E-state index is 0.646. The molecular formula is C15H25N3. The third-order valence-electron chi connectivity index (χ3n) is 3.91. The Morgan fingerprint density at radius 3 is 2.50 bits per heavy atom. The summed E-state index contributed by atoms with van der Waals surface area (Å²) in [7, 11) is 0. The van der Waals surface area contributed by atoms with Crippen molar-refractivity contribution in [3.05, 3.63) is 29.8 Å². The van der Waals surface area contributed by atoms with Crippen LogP contribution in [0, 0.1) is 0 Å². The normalized spacial score (nSPS) is 21.3. The average molecular weight is 247 g/mol. The van der Waals surface area contributed by atoms with Crippen molar-refractivity contribution in [2.75, 3.05) is 37.6 Å². The Balaban J connectivity index is 1.99. The van der Waals surface area contributed by atoms with E-state index in [0.717, 1.165) is 32.6 Å². The van der Waals surface area contributed by atoms with Crippen molar-refractivity contribution in [1.82, 2.24) is 4.90 Å². The summed E-state index contributed by atoms with van der Waals surface area (Å²) in [6, 6.07) is 9.53. The first-order valence-electron chi connectivity index (χ1n) is 7.02. The van der Waals surface area contributed by atoms with Gasteiger partial charge >= 0.3 is 0 Å². The van der Waals surface area contributed by atoms with Crippen LogP contribution in [-0.2, 0) is 6.42 Å².